The number of aliphatic hydroxyl groups is 1. The second-order valence-corrected chi connectivity index (χ2v) is 11.8. The molecule has 0 amide bonds. The Labute approximate surface area is 251 Å². The quantitative estimate of drug-likeness (QED) is 0.0456. The minimum atomic E-state index is -0.801. The van der Waals surface area contributed by atoms with Crippen LogP contribution in [0, 0.1) is 5.92 Å². The Bertz CT molecular complexity index is 741. The maximum atomic E-state index is 12.1. The second-order valence-electron chi connectivity index (χ2n) is 11.8. The Morgan fingerprint density at radius 1 is 0.756 bits per heavy atom. The lowest BCUT2D eigenvalue weighted by Crippen LogP contribution is -2.28. The van der Waals surface area contributed by atoms with E-state index in [9.17, 15) is 14.7 Å². The molecule has 1 N–H and O–H groups in total. The van der Waals surface area contributed by atoms with Crippen LogP contribution >= 0.6 is 0 Å². The predicted molar refractivity (Wildman–Crippen MR) is 168 cm³/mol. The number of aliphatic hydroxyl groups excluding tert-OH is 1. The zero-order valence-electron chi connectivity index (χ0n) is 26.4. The van der Waals surface area contributed by atoms with Crippen molar-refractivity contribution in [2.45, 2.75) is 155 Å². The SMILES string of the molecule is CCCCC/C=C\CC1OC1C/C=C\C/C=C\CCCC(=O)O[C@@H](CO)COC(=O)CCCCCCCCC(C)C. The van der Waals surface area contributed by atoms with Crippen molar-refractivity contribution in [3.05, 3.63) is 36.5 Å². The highest BCUT2D eigenvalue weighted by atomic mass is 16.6. The van der Waals surface area contributed by atoms with Gasteiger partial charge >= 0.3 is 11.9 Å². The highest BCUT2D eigenvalue weighted by molar-refractivity contribution is 5.70. The molecule has 0 aliphatic carbocycles. The van der Waals surface area contributed by atoms with Crippen LogP contribution in [0.2, 0.25) is 0 Å². The minimum Gasteiger partial charge on any atom is -0.462 e. The maximum Gasteiger partial charge on any atom is 0.306 e. The van der Waals surface area contributed by atoms with Gasteiger partial charge in [0.1, 0.15) is 6.61 Å². The van der Waals surface area contributed by atoms with E-state index in [1.54, 1.807) is 0 Å². The predicted octanol–water partition coefficient (Wildman–Crippen LogP) is 8.57. The fourth-order valence-electron chi connectivity index (χ4n) is 4.59. The molecular formula is C35H60O6. The molecule has 6 heteroatoms. The van der Waals surface area contributed by atoms with Gasteiger partial charge in [0.05, 0.1) is 18.8 Å². The monoisotopic (exact) mass is 576 g/mol. The Morgan fingerprint density at radius 2 is 1.37 bits per heavy atom. The summed E-state index contributed by atoms with van der Waals surface area (Å²) < 4.78 is 16.2. The molecule has 2 unspecified atom stereocenters. The zero-order valence-corrected chi connectivity index (χ0v) is 26.4. The summed E-state index contributed by atoms with van der Waals surface area (Å²) in [5.41, 5.74) is 0. The Balaban J connectivity index is 1.98. The lowest BCUT2D eigenvalue weighted by atomic mass is 10.0. The number of ether oxygens (including phenoxy) is 3. The summed E-state index contributed by atoms with van der Waals surface area (Å²) in [7, 11) is 0. The van der Waals surface area contributed by atoms with Crippen LogP contribution in [0.3, 0.4) is 0 Å². The molecule has 0 saturated carbocycles. The molecule has 6 nitrogen and oxygen atoms in total. The highest BCUT2D eigenvalue weighted by Crippen LogP contribution is 2.29. The third-order valence-corrected chi connectivity index (χ3v) is 7.27. The van der Waals surface area contributed by atoms with Gasteiger partial charge < -0.3 is 19.3 Å². The van der Waals surface area contributed by atoms with Gasteiger partial charge in [-0.05, 0) is 57.3 Å². The number of hydrogen-bond donors (Lipinski definition) is 1. The molecule has 1 saturated heterocycles. The van der Waals surface area contributed by atoms with E-state index in [0.717, 1.165) is 50.9 Å². The molecule has 3 atom stereocenters. The van der Waals surface area contributed by atoms with Crippen LogP contribution in [0.25, 0.3) is 0 Å². The van der Waals surface area contributed by atoms with Crippen LogP contribution in [-0.2, 0) is 23.8 Å². The molecule has 0 aromatic carbocycles. The second kappa shape index (κ2) is 25.8. The molecule has 0 bridgehead atoms. The molecule has 1 aliphatic heterocycles. The number of carbonyl (C=O) groups is 2. The molecule has 1 fully saturated rings. The van der Waals surface area contributed by atoms with Crippen molar-refractivity contribution in [2.24, 2.45) is 5.92 Å². The van der Waals surface area contributed by atoms with Gasteiger partial charge in [-0.1, -0.05) is 109 Å². The lowest BCUT2D eigenvalue weighted by Gasteiger charge is -2.15. The zero-order chi connectivity index (χ0) is 30.0. The summed E-state index contributed by atoms with van der Waals surface area (Å²) in [4.78, 5) is 24.0. The Kier molecular flexibility index (Phi) is 23.3. The molecule has 1 heterocycles. The van der Waals surface area contributed by atoms with E-state index >= 15 is 0 Å². The van der Waals surface area contributed by atoms with E-state index in [-0.39, 0.29) is 31.6 Å². The fraction of sp³-hybridized carbons (Fsp3) is 0.771. The molecule has 236 valence electrons. The van der Waals surface area contributed by atoms with E-state index in [2.05, 4.69) is 57.2 Å². The first-order chi connectivity index (χ1) is 20.0. The maximum absolute atomic E-state index is 12.1. The molecule has 0 aromatic rings. The number of rotatable bonds is 27. The largest absolute Gasteiger partial charge is 0.462 e. The first-order valence-corrected chi connectivity index (χ1v) is 16.5. The van der Waals surface area contributed by atoms with E-state index in [1.165, 1.54) is 51.4 Å². The molecule has 0 radical (unpaired) electrons. The van der Waals surface area contributed by atoms with E-state index in [1.807, 2.05) is 0 Å². The van der Waals surface area contributed by atoms with Gasteiger partial charge in [-0.15, -0.1) is 0 Å². The fourth-order valence-corrected chi connectivity index (χ4v) is 4.59. The van der Waals surface area contributed by atoms with Crippen molar-refractivity contribution in [1.29, 1.82) is 0 Å². The lowest BCUT2D eigenvalue weighted by molar-refractivity contribution is -0.161. The van der Waals surface area contributed by atoms with Crippen LogP contribution in [0.4, 0.5) is 0 Å². The standard InChI is InChI=1S/C35H60O6/c1-4-5-6-7-14-19-24-32-33(41-32)25-20-15-9-8-10-17-22-27-35(38)40-31(28-36)29-39-34(37)26-21-16-12-11-13-18-23-30(2)3/h8,10,14-15,19-20,30-33,36H,4-7,9,11-13,16-18,21-29H2,1-3H3/b10-8-,19-14-,20-15-/t31-,32?,33?/m0/s1. The normalized spacial score (nSPS) is 17.7. The number of epoxide rings is 1. The molecule has 41 heavy (non-hydrogen) atoms. The summed E-state index contributed by atoms with van der Waals surface area (Å²) in [6, 6.07) is 0. The average molecular weight is 577 g/mol. The van der Waals surface area contributed by atoms with Crippen LogP contribution in [0.15, 0.2) is 36.5 Å². The molecule has 1 aliphatic rings. The van der Waals surface area contributed by atoms with Gasteiger partial charge in [-0.3, -0.25) is 9.59 Å². The van der Waals surface area contributed by atoms with Crippen molar-refractivity contribution in [3.8, 4) is 0 Å². The van der Waals surface area contributed by atoms with Crippen molar-refractivity contribution in [3.63, 3.8) is 0 Å². The number of allylic oxidation sites excluding steroid dienone is 4. The summed E-state index contributed by atoms with van der Waals surface area (Å²) in [5.74, 6) is 0.0974. The summed E-state index contributed by atoms with van der Waals surface area (Å²) >= 11 is 0. The van der Waals surface area contributed by atoms with Gasteiger partial charge in [0.2, 0.25) is 0 Å². The van der Waals surface area contributed by atoms with E-state index < -0.39 is 6.10 Å². The third-order valence-electron chi connectivity index (χ3n) is 7.27. The summed E-state index contributed by atoms with van der Waals surface area (Å²) in [6.07, 6.45) is 31.1. The van der Waals surface area contributed by atoms with Crippen molar-refractivity contribution < 1.29 is 28.9 Å². The molecular weight excluding hydrogens is 516 g/mol. The van der Waals surface area contributed by atoms with Crippen molar-refractivity contribution in [2.75, 3.05) is 13.2 Å². The van der Waals surface area contributed by atoms with Gasteiger partial charge in [0, 0.05) is 12.8 Å². The van der Waals surface area contributed by atoms with Crippen LogP contribution < -0.4 is 0 Å². The average Bonchev–Trinajstić information content (AvgIpc) is 3.71. The van der Waals surface area contributed by atoms with Crippen LogP contribution in [-0.4, -0.2) is 48.6 Å². The van der Waals surface area contributed by atoms with Crippen LogP contribution in [0.1, 0.15) is 136 Å². The minimum absolute atomic E-state index is 0.0924. The van der Waals surface area contributed by atoms with E-state index in [0.29, 0.717) is 25.0 Å². The van der Waals surface area contributed by atoms with Gasteiger partial charge in [-0.2, -0.15) is 0 Å². The molecule has 0 aromatic heterocycles. The van der Waals surface area contributed by atoms with Gasteiger partial charge in [0.25, 0.3) is 0 Å². The van der Waals surface area contributed by atoms with Crippen molar-refractivity contribution in [1.82, 2.24) is 0 Å². The highest BCUT2D eigenvalue weighted by Gasteiger charge is 2.35. The first-order valence-electron chi connectivity index (χ1n) is 16.5. The number of hydrogen-bond acceptors (Lipinski definition) is 6. The summed E-state index contributed by atoms with van der Waals surface area (Å²) in [6.45, 7) is 6.29. The van der Waals surface area contributed by atoms with Crippen molar-refractivity contribution >= 4 is 11.9 Å². The van der Waals surface area contributed by atoms with Crippen LogP contribution in [0.5, 0.6) is 0 Å². The molecule has 0 spiro atoms. The summed E-state index contributed by atoms with van der Waals surface area (Å²) in [5, 5.41) is 9.48. The number of unbranched alkanes of at least 4 members (excludes halogenated alkanes) is 9. The van der Waals surface area contributed by atoms with Gasteiger partial charge in [-0.25, -0.2) is 0 Å². The Morgan fingerprint density at radius 3 is 2.07 bits per heavy atom. The first kappa shape index (κ1) is 37.1. The van der Waals surface area contributed by atoms with E-state index in [4.69, 9.17) is 14.2 Å². The third kappa shape index (κ3) is 23.3. The van der Waals surface area contributed by atoms with Gasteiger partial charge in [0.15, 0.2) is 6.10 Å². The Hall–Kier alpha value is -1.92. The smallest absolute Gasteiger partial charge is 0.306 e. The number of carbonyl (C=O) groups excluding carboxylic acids is 2. The topological polar surface area (TPSA) is 85.4 Å². The molecule has 1 rings (SSSR count). The number of esters is 2.